The van der Waals surface area contributed by atoms with Gasteiger partial charge in [0, 0.05) is 36.8 Å². The van der Waals surface area contributed by atoms with Crippen molar-refractivity contribution in [2.24, 2.45) is 0 Å². The van der Waals surface area contributed by atoms with Gasteiger partial charge >= 0.3 is 5.97 Å². The lowest BCUT2D eigenvalue weighted by Crippen LogP contribution is -2.23. The van der Waals surface area contributed by atoms with E-state index < -0.39 is 12.6 Å². The van der Waals surface area contributed by atoms with Crippen molar-refractivity contribution in [3.63, 3.8) is 0 Å². The van der Waals surface area contributed by atoms with Crippen LogP contribution in [0.15, 0.2) is 48.5 Å². The number of carbonyl (C=O) groups excluding carboxylic acids is 2. The average molecular weight is 368 g/mol. The molecular weight excluding hydrogens is 348 g/mol. The molecule has 2 aromatic carbocycles. The van der Waals surface area contributed by atoms with Gasteiger partial charge in [-0.3, -0.25) is 9.59 Å². The molecule has 0 atom stereocenters. The van der Waals surface area contributed by atoms with Crippen molar-refractivity contribution in [2.45, 2.75) is 19.4 Å². The standard InChI is InChI=1S/C20H20N2O5/c23-18-5-2-10-22(18)12-14-6-8-15(9-7-14)20(26)21-16-3-1-4-17(11-16)27-13-19(24)25/h1,3-4,6-9,11H,2,5,10,12-13H2,(H,21,26)(H,24,25). The van der Waals surface area contributed by atoms with Gasteiger partial charge in [-0.05, 0) is 36.2 Å². The lowest BCUT2D eigenvalue weighted by atomic mass is 10.1. The SMILES string of the molecule is O=C(O)COc1cccc(NC(=O)c2ccc(CN3CCCC3=O)cc2)c1. The molecule has 1 saturated heterocycles. The number of carbonyl (C=O) groups is 3. The van der Waals surface area contributed by atoms with Gasteiger partial charge in [0.2, 0.25) is 5.91 Å². The highest BCUT2D eigenvalue weighted by molar-refractivity contribution is 6.04. The molecule has 1 aliphatic rings. The van der Waals surface area contributed by atoms with Gasteiger partial charge in [-0.2, -0.15) is 0 Å². The van der Waals surface area contributed by atoms with Gasteiger partial charge in [-0.1, -0.05) is 18.2 Å². The number of nitrogens with zero attached hydrogens (tertiary/aromatic N) is 1. The lowest BCUT2D eigenvalue weighted by molar-refractivity contribution is -0.139. The molecule has 2 amide bonds. The summed E-state index contributed by atoms with van der Waals surface area (Å²) < 4.78 is 5.10. The second kappa shape index (κ2) is 8.35. The summed E-state index contributed by atoms with van der Waals surface area (Å²) in [6, 6.07) is 13.7. The van der Waals surface area contributed by atoms with Crippen LogP contribution in [0.2, 0.25) is 0 Å². The van der Waals surface area contributed by atoms with Crippen LogP contribution in [0.25, 0.3) is 0 Å². The minimum Gasteiger partial charge on any atom is -0.482 e. The summed E-state index contributed by atoms with van der Waals surface area (Å²) in [7, 11) is 0. The number of nitrogens with one attached hydrogen (secondary N) is 1. The number of hydrogen-bond acceptors (Lipinski definition) is 4. The van der Waals surface area contributed by atoms with Crippen LogP contribution < -0.4 is 10.1 Å². The summed E-state index contributed by atoms with van der Waals surface area (Å²) in [5, 5.41) is 11.4. The van der Waals surface area contributed by atoms with E-state index >= 15 is 0 Å². The van der Waals surface area contributed by atoms with Crippen molar-refractivity contribution in [1.82, 2.24) is 4.90 Å². The van der Waals surface area contributed by atoms with E-state index in [2.05, 4.69) is 5.32 Å². The fraction of sp³-hybridized carbons (Fsp3) is 0.250. The minimum absolute atomic E-state index is 0.168. The molecule has 3 rings (SSSR count). The number of benzene rings is 2. The fourth-order valence-electron chi connectivity index (χ4n) is 2.87. The Hall–Kier alpha value is -3.35. The lowest BCUT2D eigenvalue weighted by Gasteiger charge is -2.15. The number of carboxylic acids is 1. The van der Waals surface area contributed by atoms with E-state index in [1.165, 1.54) is 0 Å². The molecule has 2 N–H and O–H groups in total. The van der Waals surface area contributed by atoms with E-state index in [4.69, 9.17) is 9.84 Å². The number of carboxylic acid groups (broad SMARTS) is 1. The Morgan fingerprint density at radius 2 is 1.93 bits per heavy atom. The third kappa shape index (κ3) is 5.07. The van der Waals surface area contributed by atoms with Crippen molar-refractivity contribution in [3.8, 4) is 5.75 Å². The molecule has 140 valence electrons. The van der Waals surface area contributed by atoms with Crippen molar-refractivity contribution in [2.75, 3.05) is 18.5 Å². The number of aliphatic carboxylic acids is 1. The molecule has 1 aliphatic heterocycles. The van der Waals surface area contributed by atoms with Crippen LogP contribution in [-0.2, 0) is 16.1 Å². The zero-order valence-corrected chi connectivity index (χ0v) is 14.7. The summed E-state index contributed by atoms with van der Waals surface area (Å²) in [5.74, 6) is -0.822. The van der Waals surface area contributed by atoms with Crippen molar-refractivity contribution >= 4 is 23.5 Å². The molecule has 0 aromatic heterocycles. The Bertz CT molecular complexity index is 848. The summed E-state index contributed by atoms with van der Waals surface area (Å²) in [4.78, 5) is 36.5. The summed E-state index contributed by atoms with van der Waals surface area (Å²) in [6.45, 7) is 0.892. The third-order valence-electron chi connectivity index (χ3n) is 4.22. The molecule has 7 heteroatoms. The average Bonchev–Trinajstić information content (AvgIpc) is 3.05. The van der Waals surface area contributed by atoms with Crippen LogP contribution in [0.4, 0.5) is 5.69 Å². The van der Waals surface area contributed by atoms with Crippen LogP contribution in [-0.4, -0.2) is 40.9 Å². The first-order chi connectivity index (χ1) is 13.0. The number of rotatable bonds is 7. The smallest absolute Gasteiger partial charge is 0.341 e. The molecule has 1 fully saturated rings. The summed E-state index contributed by atoms with van der Waals surface area (Å²) in [5.41, 5.74) is 1.98. The molecule has 27 heavy (non-hydrogen) atoms. The second-order valence-electron chi connectivity index (χ2n) is 6.28. The molecule has 0 radical (unpaired) electrons. The Kier molecular flexibility index (Phi) is 5.71. The van der Waals surface area contributed by atoms with E-state index in [9.17, 15) is 14.4 Å². The van der Waals surface area contributed by atoms with Crippen molar-refractivity contribution < 1.29 is 24.2 Å². The maximum Gasteiger partial charge on any atom is 0.341 e. The van der Waals surface area contributed by atoms with Gasteiger partial charge in [-0.15, -0.1) is 0 Å². The fourth-order valence-corrected chi connectivity index (χ4v) is 2.87. The normalized spacial score (nSPS) is 13.5. The molecule has 0 saturated carbocycles. The molecule has 0 aliphatic carbocycles. The molecule has 1 heterocycles. The quantitative estimate of drug-likeness (QED) is 0.783. The largest absolute Gasteiger partial charge is 0.482 e. The van der Waals surface area contributed by atoms with Crippen molar-refractivity contribution in [1.29, 1.82) is 0 Å². The van der Waals surface area contributed by atoms with Crippen LogP contribution in [0, 0.1) is 0 Å². The van der Waals surface area contributed by atoms with E-state index in [0.717, 1.165) is 18.5 Å². The zero-order chi connectivity index (χ0) is 19.2. The van der Waals surface area contributed by atoms with Crippen LogP contribution in [0.1, 0.15) is 28.8 Å². The molecule has 0 spiro atoms. The van der Waals surface area contributed by atoms with Gasteiger partial charge in [0.25, 0.3) is 5.91 Å². The maximum atomic E-state index is 12.4. The molecule has 2 aromatic rings. The van der Waals surface area contributed by atoms with Crippen LogP contribution >= 0.6 is 0 Å². The Morgan fingerprint density at radius 1 is 1.15 bits per heavy atom. The van der Waals surface area contributed by atoms with Crippen molar-refractivity contribution in [3.05, 3.63) is 59.7 Å². The van der Waals surface area contributed by atoms with E-state index in [-0.39, 0.29) is 11.8 Å². The first-order valence-corrected chi connectivity index (χ1v) is 8.64. The van der Waals surface area contributed by atoms with E-state index in [0.29, 0.717) is 30.0 Å². The van der Waals surface area contributed by atoms with Crippen LogP contribution in [0.5, 0.6) is 5.75 Å². The van der Waals surface area contributed by atoms with Gasteiger partial charge < -0.3 is 20.1 Å². The highest BCUT2D eigenvalue weighted by atomic mass is 16.5. The number of ether oxygens (including phenoxy) is 1. The topological polar surface area (TPSA) is 95.9 Å². The minimum atomic E-state index is -1.07. The molecule has 0 bridgehead atoms. The zero-order valence-electron chi connectivity index (χ0n) is 14.7. The monoisotopic (exact) mass is 368 g/mol. The van der Waals surface area contributed by atoms with Crippen LogP contribution in [0.3, 0.4) is 0 Å². The highest BCUT2D eigenvalue weighted by Gasteiger charge is 2.20. The number of amides is 2. The van der Waals surface area contributed by atoms with Gasteiger partial charge in [0.15, 0.2) is 6.61 Å². The van der Waals surface area contributed by atoms with E-state index in [1.54, 1.807) is 36.4 Å². The molecule has 0 unspecified atom stereocenters. The Labute approximate surface area is 156 Å². The van der Waals surface area contributed by atoms with Gasteiger partial charge in [0.05, 0.1) is 0 Å². The second-order valence-corrected chi connectivity index (χ2v) is 6.28. The van der Waals surface area contributed by atoms with Gasteiger partial charge in [-0.25, -0.2) is 4.79 Å². The van der Waals surface area contributed by atoms with E-state index in [1.807, 2.05) is 17.0 Å². The Morgan fingerprint density at radius 3 is 2.59 bits per heavy atom. The number of anilines is 1. The number of hydrogen-bond donors (Lipinski definition) is 2. The number of likely N-dealkylation sites (tertiary alicyclic amines) is 1. The summed E-state index contributed by atoms with van der Waals surface area (Å²) in [6.07, 6.45) is 1.50. The first kappa shape index (κ1) is 18.4. The first-order valence-electron chi connectivity index (χ1n) is 8.64. The highest BCUT2D eigenvalue weighted by Crippen LogP contribution is 2.19. The molecular formula is C20H20N2O5. The van der Waals surface area contributed by atoms with Gasteiger partial charge in [0.1, 0.15) is 5.75 Å². The maximum absolute atomic E-state index is 12.4. The predicted molar refractivity (Wildman–Crippen MR) is 98.6 cm³/mol. The molecule has 7 nitrogen and oxygen atoms in total. The Balaban J connectivity index is 1.60. The summed E-state index contributed by atoms with van der Waals surface area (Å²) >= 11 is 0. The predicted octanol–water partition coefficient (Wildman–Crippen LogP) is 2.52. The third-order valence-corrected chi connectivity index (χ3v) is 4.22.